The third-order valence-electron chi connectivity index (χ3n) is 5.85. The first-order valence-corrected chi connectivity index (χ1v) is 9.49. The molecule has 6 nitrogen and oxygen atoms in total. The molecular weight excluding hydrogens is 375 g/mol. The number of rotatable bonds is 4. The van der Waals surface area contributed by atoms with Crippen LogP contribution in [0.25, 0.3) is 0 Å². The van der Waals surface area contributed by atoms with E-state index >= 15 is 0 Å². The van der Waals surface area contributed by atoms with E-state index < -0.39 is 47.0 Å². The van der Waals surface area contributed by atoms with Crippen molar-refractivity contribution in [3.63, 3.8) is 0 Å². The largest absolute Gasteiger partial charge is 0.464 e. The number of amides is 2. The Morgan fingerprint density at radius 3 is 2.41 bits per heavy atom. The van der Waals surface area contributed by atoms with Gasteiger partial charge in [-0.05, 0) is 18.6 Å². The van der Waals surface area contributed by atoms with E-state index in [4.69, 9.17) is 4.74 Å². The molecule has 0 spiro atoms. The van der Waals surface area contributed by atoms with Crippen LogP contribution in [0.5, 0.6) is 0 Å². The molecule has 0 unspecified atom stereocenters. The lowest BCUT2D eigenvalue weighted by Gasteiger charge is -2.33. The topological polar surface area (TPSA) is 75.7 Å². The van der Waals surface area contributed by atoms with Crippen LogP contribution in [0.15, 0.2) is 54.6 Å². The molecule has 0 radical (unpaired) electrons. The van der Waals surface area contributed by atoms with Crippen LogP contribution < -0.4 is 5.32 Å². The van der Waals surface area contributed by atoms with Gasteiger partial charge in [-0.3, -0.25) is 19.8 Å². The van der Waals surface area contributed by atoms with Crippen LogP contribution in [0.2, 0.25) is 0 Å². The van der Waals surface area contributed by atoms with Crippen LogP contribution in [0.3, 0.4) is 0 Å². The first kappa shape index (κ1) is 19.3. The van der Waals surface area contributed by atoms with Crippen molar-refractivity contribution in [1.29, 1.82) is 0 Å². The van der Waals surface area contributed by atoms with Crippen LogP contribution in [0, 0.1) is 17.7 Å². The lowest BCUT2D eigenvalue weighted by atomic mass is 9.75. The van der Waals surface area contributed by atoms with Crippen molar-refractivity contribution in [3.05, 3.63) is 71.5 Å². The van der Waals surface area contributed by atoms with Crippen LogP contribution >= 0.6 is 0 Å². The number of carbonyl (C=O) groups excluding carboxylic acids is 3. The first-order chi connectivity index (χ1) is 13.9. The van der Waals surface area contributed by atoms with Gasteiger partial charge in [0.1, 0.15) is 5.82 Å². The van der Waals surface area contributed by atoms with Gasteiger partial charge < -0.3 is 4.74 Å². The number of ether oxygens (including phenoxy) is 1. The Morgan fingerprint density at radius 1 is 1.10 bits per heavy atom. The van der Waals surface area contributed by atoms with E-state index in [2.05, 4.69) is 5.32 Å². The van der Waals surface area contributed by atoms with E-state index in [1.165, 1.54) is 13.1 Å². The number of benzene rings is 2. The molecule has 2 heterocycles. The molecule has 0 saturated carbocycles. The van der Waals surface area contributed by atoms with Gasteiger partial charge >= 0.3 is 5.97 Å². The number of carbonyl (C=O) groups is 3. The maximum Gasteiger partial charge on any atom is 0.331 e. The molecule has 0 aliphatic carbocycles. The van der Waals surface area contributed by atoms with Gasteiger partial charge in [0, 0.05) is 18.7 Å². The minimum atomic E-state index is -1.59. The van der Waals surface area contributed by atoms with E-state index in [1.807, 2.05) is 0 Å². The standard InChI is InChI=1S/C22H21FN2O4/c1-3-29-21(28)22(13-9-5-4-6-10-13)17-16(19(26)25(2)20(17)27)18(24-22)14-11-7-8-12-15(14)23/h4-12,16-18,24H,3H2,1-2H3/t16-,17-,18+,22+/m0/s1. The molecule has 2 aromatic carbocycles. The van der Waals surface area contributed by atoms with E-state index in [1.54, 1.807) is 55.5 Å². The van der Waals surface area contributed by atoms with Crippen molar-refractivity contribution < 1.29 is 23.5 Å². The van der Waals surface area contributed by atoms with Crippen LogP contribution in [-0.2, 0) is 24.7 Å². The smallest absolute Gasteiger partial charge is 0.331 e. The maximum atomic E-state index is 14.7. The summed E-state index contributed by atoms with van der Waals surface area (Å²) in [6.45, 7) is 1.78. The highest BCUT2D eigenvalue weighted by Crippen LogP contribution is 2.53. The number of fused-ring (bicyclic) bond motifs is 1. The summed E-state index contributed by atoms with van der Waals surface area (Å²) >= 11 is 0. The van der Waals surface area contributed by atoms with Gasteiger partial charge in [0.25, 0.3) is 0 Å². The molecular formula is C22H21FN2O4. The Hall–Kier alpha value is -3.06. The lowest BCUT2D eigenvalue weighted by Crippen LogP contribution is -2.53. The zero-order valence-electron chi connectivity index (χ0n) is 16.1. The minimum Gasteiger partial charge on any atom is -0.464 e. The molecule has 7 heteroatoms. The highest BCUT2D eigenvalue weighted by atomic mass is 19.1. The summed E-state index contributed by atoms with van der Waals surface area (Å²) in [6, 6.07) is 13.9. The molecule has 1 N–H and O–H groups in total. The van der Waals surface area contributed by atoms with Crippen LogP contribution in [0.4, 0.5) is 4.39 Å². The van der Waals surface area contributed by atoms with Crippen molar-refractivity contribution in [3.8, 4) is 0 Å². The number of imide groups is 1. The summed E-state index contributed by atoms with van der Waals surface area (Å²) in [5.41, 5.74) is -0.850. The summed E-state index contributed by atoms with van der Waals surface area (Å²) in [6.07, 6.45) is 0. The van der Waals surface area contributed by atoms with Gasteiger partial charge in [-0.1, -0.05) is 48.5 Å². The molecule has 2 aromatic rings. The fourth-order valence-corrected chi connectivity index (χ4v) is 4.56. The van der Waals surface area contributed by atoms with Crippen molar-refractivity contribution in [2.75, 3.05) is 13.7 Å². The fraction of sp³-hybridized carbons (Fsp3) is 0.318. The predicted molar refractivity (Wildman–Crippen MR) is 102 cm³/mol. The third kappa shape index (κ3) is 2.68. The molecule has 0 bridgehead atoms. The molecule has 0 aromatic heterocycles. The molecule has 2 amide bonds. The van der Waals surface area contributed by atoms with Crippen molar-refractivity contribution in [2.24, 2.45) is 11.8 Å². The summed E-state index contributed by atoms with van der Waals surface area (Å²) in [5, 5.41) is 3.16. The summed E-state index contributed by atoms with van der Waals surface area (Å²) in [7, 11) is 1.39. The molecule has 2 saturated heterocycles. The first-order valence-electron chi connectivity index (χ1n) is 9.49. The molecule has 29 heavy (non-hydrogen) atoms. The molecule has 2 aliphatic heterocycles. The van der Waals surface area contributed by atoms with Crippen molar-refractivity contribution >= 4 is 17.8 Å². The molecule has 2 fully saturated rings. The Morgan fingerprint density at radius 2 is 1.76 bits per heavy atom. The Kier molecular flexibility index (Phi) is 4.70. The number of esters is 1. The quantitative estimate of drug-likeness (QED) is 0.633. The Bertz CT molecular complexity index is 980. The van der Waals surface area contributed by atoms with Gasteiger partial charge in [-0.25, -0.2) is 9.18 Å². The molecule has 4 atom stereocenters. The van der Waals surface area contributed by atoms with Crippen LogP contribution in [0.1, 0.15) is 24.1 Å². The third-order valence-corrected chi connectivity index (χ3v) is 5.85. The average Bonchev–Trinajstić information content (AvgIpc) is 3.20. The fourth-order valence-electron chi connectivity index (χ4n) is 4.56. The number of nitrogens with zero attached hydrogens (tertiary/aromatic N) is 1. The zero-order chi connectivity index (χ0) is 20.8. The van der Waals surface area contributed by atoms with E-state index in [0.717, 1.165) is 4.90 Å². The number of halogens is 1. The monoisotopic (exact) mass is 396 g/mol. The van der Waals surface area contributed by atoms with E-state index in [0.29, 0.717) is 5.56 Å². The molecule has 150 valence electrons. The van der Waals surface area contributed by atoms with Crippen LogP contribution in [-0.4, -0.2) is 36.3 Å². The Balaban J connectivity index is 1.96. The number of likely N-dealkylation sites (tertiary alicyclic amines) is 1. The molecule has 2 aliphatic rings. The highest BCUT2D eigenvalue weighted by Gasteiger charge is 2.69. The number of nitrogens with one attached hydrogen (secondary N) is 1. The van der Waals surface area contributed by atoms with Crippen molar-refractivity contribution in [1.82, 2.24) is 10.2 Å². The van der Waals surface area contributed by atoms with Gasteiger partial charge in [0.2, 0.25) is 11.8 Å². The van der Waals surface area contributed by atoms with Gasteiger partial charge in [0.15, 0.2) is 5.54 Å². The minimum absolute atomic E-state index is 0.106. The number of hydrogen-bond acceptors (Lipinski definition) is 5. The molecule has 4 rings (SSSR count). The normalized spacial score (nSPS) is 28.5. The highest BCUT2D eigenvalue weighted by molar-refractivity contribution is 6.09. The van der Waals surface area contributed by atoms with Gasteiger partial charge in [-0.2, -0.15) is 0 Å². The second-order valence-electron chi connectivity index (χ2n) is 7.28. The second-order valence-corrected chi connectivity index (χ2v) is 7.28. The van der Waals surface area contributed by atoms with Gasteiger partial charge in [-0.15, -0.1) is 0 Å². The average molecular weight is 396 g/mol. The Labute approximate surface area is 167 Å². The zero-order valence-corrected chi connectivity index (χ0v) is 16.1. The lowest BCUT2D eigenvalue weighted by molar-refractivity contribution is -0.156. The van der Waals surface area contributed by atoms with Crippen molar-refractivity contribution in [2.45, 2.75) is 18.5 Å². The van der Waals surface area contributed by atoms with E-state index in [-0.39, 0.29) is 12.2 Å². The maximum absolute atomic E-state index is 14.7. The number of hydrogen-bond donors (Lipinski definition) is 1. The summed E-state index contributed by atoms with van der Waals surface area (Å²) in [4.78, 5) is 40.4. The SMILES string of the molecule is CCOC(=O)[C@]1(c2ccccc2)N[C@H](c2ccccc2F)[C@H]2C(=O)N(C)C(=O)[C@H]21. The summed E-state index contributed by atoms with van der Waals surface area (Å²) < 4.78 is 20.0. The van der Waals surface area contributed by atoms with E-state index in [9.17, 15) is 18.8 Å². The van der Waals surface area contributed by atoms with Gasteiger partial charge in [0.05, 0.1) is 18.4 Å². The predicted octanol–water partition coefficient (Wildman–Crippen LogP) is 2.16. The summed E-state index contributed by atoms with van der Waals surface area (Å²) in [5.74, 6) is -4.05. The second kappa shape index (κ2) is 7.08.